The summed E-state index contributed by atoms with van der Waals surface area (Å²) >= 11 is 1.44. The number of methoxy groups -OCH3 is 3. The summed E-state index contributed by atoms with van der Waals surface area (Å²) in [6.07, 6.45) is 0. The monoisotopic (exact) mass is 422 g/mol. The van der Waals surface area contributed by atoms with Gasteiger partial charge < -0.3 is 18.8 Å². The predicted octanol–water partition coefficient (Wildman–Crippen LogP) is 4.26. The van der Waals surface area contributed by atoms with Gasteiger partial charge in [0, 0.05) is 13.7 Å². The Hall–Kier alpha value is -3.16. The summed E-state index contributed by atoms with van der Waals surface area (Å²) < 4.78 is 19.0. The number of aromatic nitrogens is 1. The van der Waals surface area contributed by atoms with Crippen LogP contribution in [0.1, 0.15) is 10.4 Å². The Bertz CT molecular complexity index is 1290. The lowest BCUT2D eigenvalue weighted by molar-refractivity contribution is 0.0994. The largest absolute Gasteiger partial charge is 0.497 e. The molecule has 0 saturated carbocycles. The number of carbonyl (C=O) groups is 1. The van der Waals surface area contributed by atoms with E-state index >= 15 is 0 Å². The standard InChI is InChI=1S/C23H22N2O4S/c1-27-11-10-25-19-9-8-17(28-2)14-21(19)30-23(25)24-22(26)18-12-15-6-4-5-7-16(15)13-20(18)29-3/h4-9,12-14H,10-11H2,1-3H3. The average molecular weight is 423 g/mol. The van der Waals surface area contributed by atoms with Crippen LogP contribution in [0.4, 0.5) is 0 Å². The molecule has 30 heavy (non-hydrogen) atoms. The minimum atomic E-state index is -0.345. The lowest BCUT2D eigenvalue weighted by atomic mass is 10.1. The van der Waals surface area contributed by atoms with Crippen LogP contribution in [0.15, 0.2) is 59.6 Å². The molecule has 4 rings (SSSR count). The van der Waals surface area contributed by atoms with E-state index in [1.807, 2.05) is 59.2 Å². The predicted molar refractivity (Wildman–Crippen MR) is 119 cm³/mol. The van der Waals surface area contributed by atoms with Crippen molar-refractivity contribution in [3.8, 4) is 11.5 Å². The van der Waals surface area contributed by atoms with E-state index in [-0.39, 0.29) is 5.91 Å². The normalized spacial score (nSPS) is 11.9. The molecule has 3 aromatic carbocycles. The highest BCUT2D eigenvalue weighted by Gasteiger charge is 2.15. The van der Waals surface area contributed by atoms with Crippen molar-refractivity contribution in [2.24, 2.45) is 4.99 Å². The third-order valence-corrected chi connectivity index (χ3v) is 5.95. The van der Waals surface area contributed by atoms with Crippen LogP contribution in [-0.4, -0.2) is 38.4 Å². The molecular weight excluding hydrogens is 400 g/mol. The molecule has 0 atom stereocenters. The van der Waals surface area contributed by atoms with Gasteiger partial charge in [-0.25, -0.2) is 0 Å². The molecule has 1 heterocycles. The fourth-order valence-corrected chi connectivity index (χ4v) is 4.45. The van der Waals surface area contributed by atoms with E-state index in [0.29, 0.717) is 29.3 Å². The van der Waals surface area contributed by atoms with E-state index in [0.717, 1.165) is 26.7 Å². The first-order valence-corrected chi connectivity index (χ1v) is 10.3. The van der Waals surface area contributed by atoms with E-state index < -0.39 is 0 Å². The second kappa shape index (κ2) is 8.69. The van der Waals surface area contributed by atoms with Crippen molar-refractivity contribution in [1.29, 1.82) is 0 Å². The smallest absolute Gasteiger partial charge is 0.283 e. The van der Waals surface area contributed by atoms with Crippen molar-refractivity contribution < 1.29 is 19.0 Å². The van der Waals surface area contributed by atoms with Gasteiger partial charge in [0.1, 0.15) is 11.5 Å². The molecule has 7 heteroatoms. The zero-order valence-electron chi connectivity index (χ0n) is 17.0. The summed E-state index contributed by atoms with van der Waals surface area (Å²) in [5.41, 5.74) is 1.42. The van der Waals surface area contributed by atoms with Crippen LogP contribution in [0.3, 0.4) is 0 Å². The van der Waals surface area contributed by atoms with Crippen LogP contribution in [0.5, 0.6) is 11.5 Å². The Morgan fingerprint density at radius 3 is 2.47 bits per heavy atom. The number of nitrogens with zero attached hydrogens (tertiary/aromatic N) is 2. The van der Waals surface area contributed by atoms with Gasteiger partial charge in [-0.3, -0.25) is 4.79 Å². The Morgan fingerprint density at radius 2 is 1.77 bits per heavy atom. The number of rotatable bonds is 6. The maximum atomic E-state index is 13.2. The van der Waals surface area contributed by atoms with Gasteiger partial charge in [-0.05, 0) is 41.1 Å². The summed E-state index contributed by atoms with van der Waals surface area (Å²) in [7, 11) is 4.85. The van der Waals surface area contributed by atoms with Crippen LogP contribution < -0.4 is 14.3 Å². The zero-order chi connectivity index (χ0) is 21.1. The van der Waals surface area contributed by atoms with Crippen LogP contribution in [-0.2, 0) is 11.3 Å². The van der Waals surface area contributed by atoms with Crippen molar-refractivity contribution >= 4 is 38.2 Å². The molecule has 6 nitrogen and oxygen atoms in total. The van der Waals surface area contributed by atoms with Crippen LogP contribution >= 0.6 is 11.3 Å². The van der Waals surface area contributed by atoms with E-state index in [1.165, 1.54) is 11.3 Å². The van der Waals surface area contributed by atoms with Gasteiger partial charge >= 0.3 is 0 Å². The summed E-state index contributed by atoms with van der Waals surface area (Å²) in [6, 6.07) is 17.4. The molecule has 1 amide bonds. The SMILES string of the molecule is COCCn1c(=NC(=O)c2cc3ccccc3cc2OC)sc2cc(OC)ccc21. The van der Waals surface area contributed by atoms with E-state index in [4.69, 9.17) is 14.2 Å². The van der Waals surface area contributed by atoms with Crippen molar-refractivity contribution in [3.05, 3.63) is 65.0 Å². The Kier molecular flexibility index (Phi) is 5.83. The van der Waals surface area contributed by atoms with Gasteiger partial charge in [0.15, 0.2) is 4.80 Å². The van der Waals surface area contributed by atoms with Crippen molar-refractivity contribution in [2.75, 3.05) is 27.9 Å². The lowest BCUT2D eigenvalue weighted by Gasteiger charge is -2.08. The third-order valence-electron chi connectivity index (χ3n) is 4.90. The van der Waals surface area contributed by atoms with Gasteiger partial charge in [0.25, 0.3) is 5.91 Å². The first-order valence-electron chi connectivity index (χ1n) is 9.46. The van der Waals surface area contributed by atoms with Gasteiger partial charge in [-0.1, -0.05) is 35.6 Å². The van der Waals surface area contributed by atoms with Crippen molar-refractivity contribution in [3.63, 3.8) is 0 Å². The second-order valence-corrected chi connectivity index (χ2v) is 7.69. The molecule has 4 aromatic rings. The molecule has 0 N–H and O–H groups in total. The van der Waals surface area contributed by atoms with E-state index in [1.54, 1.807) is 21.3 Å². The molecule has 0 radical (unpaired) electrons. The number of amides is 1. The number of carbonyl (C=O) groups excluding carboxylic acids is 1. The van der Waals surface area contributed by atoms with Gasteiger partial charge in [0.05, 0.1) is 36.6 Å². The van der Waals surface area contributed by atoms with Crippen molar-refractivity contribution in [2.45, 2.75) is 6.54 Å². The molecule has 1 aromatic heterocycles. The fourth-order valence-electron chi connectivity index (χ4n) is 3.37. The highest BCUT2D eigenvalue weighted by molar-refractivity contribution is 7.16. The van der Waals surface area contributed by atoms with E-state index in [2.05, 4.69) is 4.99 Å². The maximum Gasteiger partial charge on any atom is 0.283 e. The second-order valence-electron chi connectivity index (χ2n) is 6.68. The number of hydrogen-bond acceptors (Lipinski definition) is 5. The number of fused-ring (bicyclic) bond motifs is 2. The Balaban J connectivity index is 1.86. The quantitative estimate of drug-likeness (QED) is 0.466. The molecule has 0 aliphatic rings. The number of thiazole rings is 1. The number of hydrogen-bond donors (Lipinski definition) is 0. The van der Waals surface area contributed by atoms with Crippen LogP contribution in [0.25, 0.3) is 21.0 Å². The molecule has 0 fully saturated rings. The minimum absolute atomic E-state index is 0.345. The van der Waals surface area contributed by atoms with E-state index in [9.17, 15) is 4.79 Å². The summed E-state index contributed by atoms with van der Waals surface area (Å²) in [6.45, 7) is 1.10. The molecule has 154 valence electrons. The van der Waals surface area contributed by atoms with Gasteiger partial charge in [0.2, 0.25) is 0 Å². The van der Waals surface area contributed by atoms with Crippen LogP contribution in [0, 0.1) is 0 Å². The fraction of sp³-hybridized carbons (Fsp3) is 0.217. The topological polar surface area (TPSA) is 62.1 Å². The molecular formula is C23H22N2O4S. The Morgan fingerprint density at radius 1 is 1.00 bits per heavy atom. The molecule has 0 saturated heterocycles. The average Bonchev–Trinajstić information content (AvgIpc) is 3.12. The van der Waals surface area contributed by atoms with Crippen molar-refractivity contribution in [1.82, 2.24) is 4.57 Å². The van der Waals surface area contributed by atoms with Gasteiger partial charge in [-0.15, -0.1) is 0 Å². The summed E-state index contributed by atoms with van der Waals surface area (Å²) in [4.78, 5) is 18.2. The highest BCUT2D eigenvalue weighted by atomic mass is 32.1. The number of benzene rings is 3. The zero-order valence-corrected chi connectivity index (χ0v) is 17.9. The third kappa shape index (κ3) is 3.81. The van der Waals surface area contributed by atoms with Crippen LogP contribution in [0.2, 0.25) is 0 Å². The maximum absolute atomic E-state index is 13.2. The first kappa shape index (κ1) is 20.1. The molecule has 0 bridgehead atoms. The molecule has 0 aliphatic heterocycles. The highest BCUT2D eigenvalue weighted by Crippen LogP contribution is 2.27. The molecule has 0 aliphatic carbocycles. The molecule has 0 spiro atoms. The minimum Gasteiger partial charge on any atom is -0.497 e. The number of ether oxygens (including phenoxy) is 3. The molecule has 0 unspecified atom stereocenters. The van der Waals surface area contributed by atoms with Gasteiger partial charge in [-0.2, -0.15) is 4.99 Å². The lowest BCUT2D eigenvalue weighted by Crippen LogP contribution is -2.19. The Labute approximate surface area is 178 Å². The first-order chi connectivity index (χ1) is 14.6. The summed E-state index contributed by atoms with van der Waals surface area (Å²) in [5, 5.41) is 1.97. The summed E-state index contributed by atoms with van der Waals surface area (Å²) in [5.74, 6) is 0.924.